The summed E-state index contributed by atoms with van der Waals surface area (Å²) in [6, 6.07) is 2.83. The molecule has 2 unspecified atom stereocenters. The first-order chi connectivity index (χ1) is 20.8. The van der Waals surface area contributed by atoms with Crippen LogP contribution in [0, 0.1) is 0 Å². The smallest absolute Gasteiger partial charge is 0.349 e. The van der Waals surface area contributed by atoms with Crippen molar-refractivity contribution in [3.8, 4) is 0 Å². The Morgan fingerprint density at radius 2 is 2.19 bits per heavy atom. The van der Waals surface area contributed by atoms with Crippen molar-refractivity contribution in [3.63, 3.8) is 0 Å². The summed E-state index contributed by atoms with van der Waals surface area (Å²) in [6.45, 7) is 4.99. The van der Waals surface area contributed by atoms with Gasteiger partial charge in [-0.05, 0) is 37.0 Å². The zero-order valence-electron chi connectivity index (χ0n) is 23.3. The van der Waals surface area contributed by atoms with Crippen LogP contribution in [0.4, 0.5) is 5.13 Å². The summed E-state index contributed by atoms with van der Waals surface area (Å²) in [4.78, 5) is 53.3. The number of thioether (sulfide) groups is 1. The summed E-state index contributed by atoms with van der Waals surface area (Å²) >= 11 is 2.22. The number of hydrogen-bond acceptors (Lipinski definition) is 14. The van der Waals surface area contributed by atoms with Crippen molar-refractivity contribution in [1.29, 1.82) is 0 Å². The Balaban J connectivity index is 1.32. The van der Waals surface area contributed by atoms with Crippen molar-refractivity contribution >= 4 is 63.1 Å². The third kappa shape index (κ3) is 6.31. The Morgan fingerprint density at radius 1 is 1.35 bits per heavy atom. The minimum absolute atomic E-state index is 0.0390. The fourth-order valence-corrected chi connectivity index (χ4v) is 6.61. The molecule has 0 aliphatic carbocycles. The van der Waals surface area contributed by atoms with Gasteiger partial charge in [0.15, 0.2) is 5.13 Å². The largest absolute Gasteiger partial charge is 0.543 e. The number of imidazole rings is 1. The number of hydrogen-bond donors (Lipinski definition) is 4. The number of nitrogens with one attached hydrogen (secondary N) is 2. The van der Waals surface area contributed by atoms with E-state index in [2.05, 4.69) is 30.1 Å². The molecule has 5 heterocycles. The number of aliphatic carboxylic acids is 1. The molecule has 18 heteroatoms. The maximum absolute atomic E-state index is 13.2. The first-order valence-corrected chi connectivity index (χ1v) is 15.4. The van der Waals surface area contributed by atoms with Crippen LogP contribution in [0.25, 0.3) is 11.2 Å². The zero-order valence-corrected chi connectivity index (χ0v) is 24.9. The molecule has 0 bridgehead atoms. The van der Waals surface area contributed by atoms with Gasteiger partial charge >= 0.3 is 5.65 Å². The van der Waals surface area contributed by atoms with Gasteiger partial charge in [-0.15, -0.1) is 11.8 Å². The highest BCUT2D eigenvalue weighted by atomic mass is 32.2. The van der Waals surface area contributed by atoms with Crippen molar-refractivity contribution in [2.45, 2.75) is 37.8 Å². The number of anilines is 1. The molecule has 16 nitrogen and oxygen atoms in total. The standard InChI is InChI=1S/C25H31N11O5S2/c1-2-41-32-16(19-31-25(27)43-33-19)21(37)30-17-22(38)36-18(24(39)40)14(12-42-23(17)36)11-34-9-3-5-15-20(34)29-13-35(15)10-4-7-28-8-6-26/h3,5,9,13,17,23,28H,2,4,6-8,10-12,26H2,1H3,(H3-,27,30,31,33,37,39,40)/b32-16+. The number of carboxylic acids is 1. The fourth-order valence-electron chi connectivity index (χ4n) is 4.84. The number of fused-ring (bicyclic) bond motifs is 2. The lowest BCUT2D eigenvalue weighted by Gasteiger charge is -2.50. The maximum Gasteiger partial charge on any atom is 0.349 e. The number of amides is 2. The molecule has 228 valence electrons. The van der Waals surface area contributed by atoms with E-state index in [0.717, 1.165) is 48.0 Å². The van der Waals surface area contributed by atoms with E-state index in [0.29, 0.717) is 23.5 Å². The molecule has 0 saturated carbocycles. The Labute approximate surface area is 254 Å². The zero-order chi connectivity index (χ0) is 30.5. The number of carbonyl (C=O) groups excluding carboxylic acids is 3. The van der Waals surface area contributed by atoms with Crippen LogP contribution < -0.4 is 31.8 Å². The minimum atomic E-state index is -1.47. The third-order valence-corrected chi connectivity index (χ3v) is 8.65. The first-order valence-electron chi connectivity index (χ1n) is 13.6. The molecule has 2 aliphatic rings. The maximum atomic E-state index is 13.2. The van der Waals surface area contributed by atoms with Gasteiger partial charge < -0.3 is 41.4 Å². The van der Waals surface area contributed by atoms with Crippen molar-refractivity contribution < 1.29 is 28.9 Å². The lowest BCUT2D eigenvalue weighted by molar-refractivity contribution is -0.664. The molecule has 2 atom stereocenters. The van der Waals surface area contributed by atoms with Crippen LogP contribution in [0.1, 0.15) is 19.2 Å². The van der Waals surface area contributed by atoms with E-state index in [9.17, 15) is 19.5 Å². The van der Waals surface area contributed by atoms with Crippen molar-refractivity contribution in [1.82, 2.24) is 34.4 Å². The van der Waals surface area contributed by atoms with Gasteiger partial charge in [0.2, 0.25) is 17.9 Å². The van der Waals surface area contributed by atoms with E-state index < -0.39 is 29.2 Å². The van der Waals surface area contributed by atoms with Gasteiger partial charge in [0.05, 0.1) is 17.9 Å². The molecular formula is C25H31N11O5S2. The number of nitrogens with zero attached hydrogens (tertiary/aromatic N) is 7. The van der Waals surface area contributed by atoms with E-state index in [1.165, 1.54) is 11.8 Å². The second-order valence-corrected chi connectivity index (χ2v) is 11.5. The summed E-state index contributed by atoms with van der Waals surface area (Å²) in [6.07, 6.45) is 4.47. The van der Waals surface area contributed by atoms with Gasteiger partial charge in [-0.25, -0.2) is 4.57 Å². The number of carbonyl (C=O) groups is 3. The van der Waals surface area contributed by atoms with E-state index in [1.807, 2.05) is 27.5 Å². The van der Waals surface area contributed by atoms with E-state index in [1.54, 1.807) is 13.3 Å². The van der Waals surface area contributed by atoms with Gasteiger partial charge in [-0.3, -0.25) is 14.5 Å². The fraction of sp³-hybridized carbons (Fsp3) is 0.440. The number of oxime groups is 1. The monoisotopic (exact) mass is 629 g/mol. The highest BCUT2D eigenvalue weighted by molar-refractivity contribution is 8.00. The Morgan fingerprint density at radius 3 is 2.91 bits per heavy atom. The second-order valence-electron chi connectivity index (χ2n) is 9.59. The summed E-state index contributed by atoms with van der Waals surface area (Å²) in [5.41, 5.74) is 12.8. The summed E-state index contributed by atoms with van der Waals surface area (Å²) < 4.78 is 7.89. The van der Waals surface area contributed by atoms with Crippen molar-refractivity contribution in [3.05, 3.63) is 41.8 Å². The van der Waals surface area contributed by atoms with Crippen LogP contribution in [-0.4, -0.2) is 90.7 Å². The number of aryl methyl sites for hydroxylation is 1. The number of carboxylic acid groups (broad SMARTS) is 1. The molecule has 2 amide bonds. The van der Waals surface area contributed by atoms with Crippen LogP contribution in [0.3, 0.4) is 0 Å². The number of nitrogens with two attached hydrogens (primary N) is 2. The highest BCUT2D eigenvalue weighted by Crippen LogP contribution is 2.40. The van der Waals surface area contributed by atoms with Crippen molar-refractivity contribution in [2.24, 2.45) is 10.9 Å². The molecule has 0 radical (unpaired) electrons. The molecule has 1 fully saturated rings. The van der Waals surface area contributed by atoms with E-state index in [4.69, 9.17) is 16.3 Å². The third-order valence-electron chi connectivity index (χ3n) is 6.77. The van der Waals surface area contributed by atoms with Gasteiger partial charge in [0.1, 0.15) is 30.1 Å². The van der Waals surface area contributed by atoms with Gasteiger partial charge in [-0.1, -0.05) is 5.16 Å². The molecule has 2 aliphatic heterocycles. The summed E-state index contributed by atoms with van der Waals surface area (Å²) in [5.74, 6) is -2.54. The Kier molecular flexibility index (Phi) is 9.49. The topological polar surface area (TPSA) is 223 Å². The number of pyridine rings is 1. The van der Waals surface area contributed by atoms with Crippen LogP contribution in [0.5, 0.6) is 0 Å². The predicted octanol–water partition coefficient (Wildman–Crippen LogP) is -2.46. The van der Waals surface area contributed by atoms with Crippen LogP contribution in [-0.2, 0) is 32.3 Å². The Bertz CT molecular complexity index is 1590. The molecule has 0 spiro atoms. The van der Waals surface area contributed by atoms with Crippen LogP contribution in [0.15, 0.2) is 41.1 Å². The summed E-state index contributed by atoms with van der Waals surface area (Å²) in [5, 5.41) is 21.5. The lowest BCUT2D eigenvalue weighted by atomic mass is 10.0. The van der Waals surface area contributed by atoms with Gasteiger partial charge in [0, 0.05) is 42.5 Å². The van der Waals surface area contributed by atoms with Gasteiger partial charge in [-0.2, -0.15) is 9.36 Å². The lowest BCUT2D eigenvalue weighted by Crippen LogP contribution is -2.71. The van der Waals surface area contributed by atoms with E-state index >= 15 is 0 Å². The highest BCUT2D eigenvalue weighted by Gasteiger charge is 2.53. The predicted molar refractivity (Wildman–Crippen MR) is 156 cm³/mol. The number of nitrogen functional groups attached to an aromatic ring is 1. The average Bonchev–Trinajstić information content (AvgIpc) is 3.62. The molecule has 3 aromatic rings. The summed E-state index contributed by atoms with van der Waals surface area (Å²) in [7, 11) is 0. The SMILES string of the molecule is CCO/N=C(/C(=O)NC1C(=O)N2C(C(=O)[O-])=C(C[n+]3cccc4c3ncn4CCCNCCN)CSC12)c1nsc(N)n1. The van der Waals surface area contributed by atoms with Crippen LogP contribution in [0.2, 0.25) is 0 Å². The van der Waals surface area contributed by atoms with Gasteiger partial charge in [0.25, 0.3) is 11.8 Å². The van der Waals surface area contributed by atoms with Crippen LogP contribution >= 0.6 is 23.3 Å². The van der Waals surface area contributed by atoms with E-state index in [-0.39, 0.29) is 35.5 Å². The minimum Gasteiger partial charge on any atom is -0.543 e. The number of aromatic nitrogens is 5. The molecule has 1 saturated heterocycles. The molecule has 5 rings (SSSR count). The number of rotatable bonds is 14. The molecular weight excluding hydrogens is 598 g/mol. The first kappa shape index (κ1) is 30.3. The van der Waals surface area contributed by atoms with Crippen molar-refractivity contribution in [2.75, 3.05) is 37.7 Å². The molecule has 43 heavy (non-hydrogen) atoms. The molecule has 3 aromatic heterocycles. The average molecular weight is 630 g/mol. The quantitative estimate of drug-likeness (QED) is 0.0479. The second kappa shape index (κ2) is 13.4. The number of β-lactam (4-membered cyclic amide) rings is 1. The molecule has 6 N–H and O–H groups in total. The normalized spacial score (nSPS) is 18.5. The Hall–Kier alpha value is -4.13. The molecule has 0 aromatic carbocycles.